The van der Waals surface area contributed by atoms with Crippen LogP contribution >= 0.6 is 11.6 Å². The monoisotopic (exact) mass is 611 g/mol. The normalized spacial score (nSPS) is 21.6. The van der Waals surface area contributed by atoms with Gasteiger partial charge in [-0.1, -0.05) is 16.4 Å². The van der Waals surface area contributed by atoms with Gasteiger partial charge < -0.3 is 33.7 Å². The van der Waals surface area contributed by atoms with Gasteiger partial charge >= 0.3 is 6.03 Å². The van der Waals surface area contributed by atoms with E-state index in [0.717, 1.165) is 4.80 Å². The highest BCUT2D eigenvalue weighted by molar-refractivity contribution is 6.36. The van der Waals surface area contributed by atoms with Crippen LogP contribution in [0.1, 0.15) is 16.8 Å². The van der Waals surface area contributed by atoms with Gasteiger partial charge in [-0.3, -0.25) is 4.79 Å². The van der Waals surface area contributed by atoms with E-state index in [0.29, 0.717) is 30.6 Å². The summed E-state index contributed by atoms with van der Waals surface area (Å²) >= 11 is 7.00. The van der Waals surface area contributed by atoms with Gasteiger partial charge in [0.15, 0.2) is 5.75 Å². The van der Waals surface area contributed by atoms with Crippen molar-refractivity contribution in [3.63, 3.8) is 0 Å². The number of carbonyl (C=O) groups is 2. The second-order valence-electron chi connectivity index (χ2n) is 10.5. The van der Waals surface area contributed by atoms with Crippen molar-refractivity contribution in [2.75, 3.05) is 53.2 Å². The molecule has 5 heterocycles. The number of benzene rings is 2. The van der Waals surface area contributed by atoms with E-state index in [9.17, 15) is 9.59 Å². The maximum atomic E-state index is 15.5. The van der Waals surface area contributed by atoms with E-state index in [-0.39, 0.29) is 72.1 Å². The second kappa shape index (κ2) is 10.8. The van der Waals surface area contributed by atoms with Crippen molar-refractivity contribution < 1.29 is 32.9 Å². The van der Waals surface area contributed by atoms with Crippen LogP contribution in [0.2, 0.25) is 5.02 Å². The van der Waals surface area contributed by atoms with Crippen LogP contribution in [0.3, 0.4) is 0 Å². The van der Waals surface area contributed by atoms with E-state index in [2.05, 4.69) is 20.2 Å². The average Bonchev–Trinajstić information content (AvgIpc) is 3.64. The molecule has 3 aliphatic heterocycles. The van der Waals surface area contributed by atoms with Crippen LogP contribution in [-0.4, -0.2) is 112 Å². The zero-order valence-corrected chi connectivity index (χ0v) is 23.8. The maximum absolute atomic E-state index is 15.5. The Bertz CT molecular complexity index is 1720. The summed E-state index contributed by atoms with van der Waals surface area (Å²) in [4.78, 5) is 39.2. The summed E-state index contributed by atoms with van der Waals surface area (Å²) in [6.45, 7) is 1.63. The number of nitrogens with one attached hydrogen (secondary N) is 1. The minimum atomic E-state index is -0.876. The first-order valence-corrected chi connectivity index (χ1v) is 14.1. The number of carbonyl (C=O) groups excluding carboxylic acids is 2. The highest BCUT2D eigenvalue weighted by Crippen LogP contribution is 2.50. The molecule has 3 aliphatic rings. The summed E-state index contributed by atoms with van der Waals surface area (Å²) < 4.78 is 38.9. The third kappa shape index (κ3) is 4.31. The molecule has 0 saturated carbocycles. The first-order valence-electron chi connectivity index (χ1n) is 13.7. The van der Waals surface area contributed by atoms with Crippen LogP contribution < -0.4 is 9.47 Å². The molecular formula is C28H27ClFN7O6. The number of halogens is 2. The van der Waals surface area contributed by atoms with Crippen molar-refractivity contribution in [1.82, 2.24) is 34.8 Å². The van der Waals surface area contributed by atoms with Gasteiger partial charge in [-0.25, -0.2) is 14.2 Å². The molecule has 0 bridgehead atoms. The molecule has 7 rings (SSSR count). The lowest BCUT2D eigenvalue weighted by Crippen LogP contribution is -2.81. The molecule has 2 saturated heterocycles. The van der Waals surface area contributed by atoms with Crippen LogP contribution in [0.5, 0.6) is 11.5 Å². The van der Waals surface area contributed by atoms with Crippen LogP contribution in [0.15, 0.2) is 36.9 Å². The number of rotatable bonds is 5. The smallest absolute Gasteiger partial charge is 0.362 e. The Labute approximate surface area is 249 Å². The van der Waals surface area contributed by atoms with Gasteiger partial charge in [0, 0.05) is 26.8 Å². The van der Waals surface area contributed by atoms with E-state index in [1.54, 1.807) is 15.9 Å². The quantitative estimate of drug-likeness (QED) is 0.338. The van der Waals surface area contributed by atoms with E-state index in [4.69, 9.17) is 30.5 Å². The summed E-state index contributed by atoms with van der Waals surface area (Å²) in [7, 11) is 1.53. The predicted molar refractivity (Wildman–Crippen MR) is 150 cm³/mol. The third-order valence-corrected chi connectivity index (χ3v) is 8.58. The Balaban J connectivity index is 1.31. The molecule has 0 radical (unpaired) electrons. The molecule has 2 unspecified atom stereocenters. The number of imidazole rings is 1. The van der Waals surface area contributed by atoms with Crippen LogP contribution in [-0.2, 0) is 9.47 Å². The molecule has 1 spiro atoms. The lowest BCUT2D eigenvalue weighted by atomic mass is 9.78. The van der Waals surface area contributed by atoms with Gasteiger partial charge in [-0.15, -0.1) is 0 Å². The highest BCUT2D eigenvalue weighted by Gasteiger charge is 2.62. The summed E-state index contributed by atoms with van der Waals surface area (Å²) in [5.74, 6) is -0.656. The second-order valence-corrected chi connectivity index (χ2v) is 10.9. The molecule has 4 aromatic rings. The Kier molecular flexibility index (Phi) is 6.91. The van der Waals surface area contributed by atoms with Gasteiger partial charge in [-0.2, -0.15) is 10.2 Å². The van der Waals surface area contributed by atoms with Crippen LogP contribution in [0.25, 0.3) is 22.2 Å². The lowest BCUT2D eigenvalue weighted by molar-refractivity contribution is -0.107. The van der Waals surface area contributed by atoms with Gasteiger partial charge in [-0.05, 0) is 24.6 Å². The summed E-state index contributed by atoms with van der Waals surface area (Å²) in [5.41, 5.74) is 0.543. The number of fused-ring (bicyclic) bond motifs is 4. The molecule has 1 N–H and O–H groups in total. The van der Waals surface area contributed by atoms with Crippen molar-refractivity contribution in [2.45, 2.75) is 18.0 Å². The van der Waals surface area contributed by atoms with Crippen molar-refractivity contribution in [3.05, 3.63) is 53.3 Å². The van der Waals surface area contributed by atoms with Crippen molar-refractivity contribution in [2.24, 2.45) is 0 Å². The van der Waals surface area contributed by atoms with E-state index >= 15 is 4.39 Å². The van der Waals surface area contributed by atoms with Gasteiger partial charge in [0.05, 0.1) is 70.7 Å². The Morgan fingerprint density at radius 2 is 2.09 bits per heavy atom. The Hall–Kier alpha value is -4.27. The fourth-order valence-corrected chi connectivity index (χ4v) is 6.51. The molecule has 2 amide bonds. The zero-order chi connectivity index (χ0) is 29.7. The number of H-pyrrole nitrogens is 1. The van der Waals surface area contributed by atoms with Crippen molar-refractivity contribution >= 4 is 34.6 Å². The molecule has 0 aliphatic carbocycles. The minimum absolute atomic E-state index is 0.00927. The average molecular weight is 612 g/mol. The van der Waals surface area contributed by atoms with Gasteiger partial charge in [0.25, 0.3) is 5.91 Å². The van der Waals surface area contributed by atoms with Crippen molar-refractivity contribution in [3.8, 4) is 22.6 Å². The lowest BCUT2D eigenvalue weighted by Gasteiger charge is -2.59. The number of aromatic nitrogens is 5. The number of amides is 2. The Morgan fingerprint density at radius 1 is 1.26 bits per heavy atom. The fraction of sp³-hybridized carbons (Fsp3) is 0.393. The molecular weight excluding hydrogens is 585 g/mol. The first-order chi connectivity index (χ1) is 20.9. The van der Waals surface area contributed by atoms with E-state index in [1.807, 2.05) is 0 Å². The van der Waals surface area contributed by atoms with Gasteiger partial charge in [0.1, 0.15) is 30.3 Å². The van der Waals surface area contributed by atoms with Crippen LogP contribution in [0, 0.1) is 5.82 Å². The number of nitrogens with zero attached hydrogens (tertiary/aromatic N) is 6. The summed E-state index contributed by atoms with van der Waals surface area (Å²) in [6.07, 6.45) is 4.93. The van der Waals surface area contributed by atoms with Crippen molar-refractivity contribution in [1.29, 1.82) is 0 Å². The highest BCUT2D eigenvalue weighted by atomic mass is 35.5. The van der Waals surface area contributed by atoms with Gasteiger partial charge in [0.2, 0.25) is 0 Å². The predicted octanol–water partition coefficient (Wildman–Crippen LogP) is 2.99. The standard InChI is InChI=1S/C28H27ClFN7O6/c1-40-9-10-42-19-11-16-25(23(29)22(19)21-17(30)3-4-18-24(21)32-15-31-18)43-12-20-28(13-35(20)26(16)38)14-41-8-2-7-36(28)27(39)37-33-5-6-34-37/h3-6,11,15,20H,2,7-10,12-14H2,1H3,(H,31,32). The maximum Gasteiger partial charge on any atom is 0.362 e. The van der Waals surface area contributed by atoms with E-state index in [1.165, 1.54) is 38.0 Å². The molecule has 43 heavy (non-hydrogen) atoms. The number of ether oxygens (including phenoxy) is 4. The molecule has 13 nitrogen and oxygen atoms in total. The molecule has 224 valence electrons. The minimum Gasteiger partial charge on any atom is -0.490 e. The molecule has 2 aromatic heterocycles. The number of methoxy groups -OCH3 is 1. The first kappa shape index (κ1) is 27.6. The Morgan fingerprint density at radius 3 is 2.91 bits per heavy atom. The zero-order valence-electron chi connectivity index (χ0n) is 23.1. The SMILES string of the molecule is COCCOc1cc2c(c(Cl)c1-c1c(F)ccc3[nH]cnc13)OCC1N(CC13COCCCN3C(=O)n1nccn1)C2=O. The summed E-state index contributed by atoms with van der Waals surface area (Å²) in [5, 5.41) is 8.04. The van der Waals surface area contributed by atoms with E-state index < -0.39 is 23.4 Å². The molecule has 15 heteroatoms. The largest absolute Gasteiger partial charge is 0.490 e. The molecule has 2 fully saturated rings. The number of hydrogen-bond donors (Lipinski definition) is 1. The topological polar surface area (TPSA) is 137 Å². The number of aromatic amines is 1. The fourth-order valence-electron chi connectivity index (χ4n) is 6.17. The molecule has 2 aromatic carbocycles. The number of hydrogen-bond acceptors (Lipinski definition) is 9. The molecule has 2 atom stereocenters. The van der Waals surface area contributed by atoms with Crippen LogP contribution in [0.4, 0.5) is 9.18 Å². The summed E-state index contributed by atoms with van der Waals surface area (Å²) in [6, 6.07) is 3.43. The third-order valence-electron chi connectivity index (χ3n) is 8.22.